The van der Waals surface area contributed by atoms with Crippen molar-refractivity contribution in [1.29, 1.82) is 0 Å². The zero-order chi connectivity index (χ0) is 22.7. The van der Waals surface area contributed by atoms with Crippen molar-refractivity contribution >= 4 is 5.97 Å². The van der Waals surface area contributed by atoms with Gasteiger partial charge in [0, 0.05) is 0 Å². The van der Waals surface area contributed by atoms with Crippen molar-refractivity contribution in [2.24, 2.45) is 0 Å². The second kappa shape index (κ2) is 6.27. The molecule has 0 fully saturated rings. The summed E-state index contributed by atoms with van der Waals surface area (Å²) in [6.45, 7) is 0. The molecule has 0 spiro atoms. The maximum absolute atomic E-state index is 13.8. The number of carbonyl (C=O) groups is 1. The van der Waals surface area contributed by atoms with Crippen LogP contribution in [0.1, 0.15) is 0 Å². The number of hydrogen-bond donors (Lipinski definition) is 0. The van der Waals surface area contributed by atoms with Crippen LogP contribution in [-0.4, -0.2) is 73.4 Å². The van der Waals surface area contributed by atoms with Gasteiger partial charge in [-0.3, -0.25) is 0 Å². The molecular formula is C11H10F13NO2. The molecule has 0 N–H and O–H groups in total. The quantitative estimate of drug-likeness (QED) is 0.456. The monoisotopic (exact) mass is 435 g/mol. The van der Waals surface area contributed by atoms with E-state index < -0.39 is 52.3 Å². The number of carboxylic acids is 1. The number of carbonyl (C=O) groups excluding carboxylic acids is 1. The lowest BCUT2D eigenvalue weighted by atomic mass is 9.89. The lowest BCUT2D eigenvalue weighted by Gasteiger charge is -2.45. The molecule has 0 aliphatic rings. The second-order valence-electron chi connectivity index (χ2n) is 6.26. The third-order valence-corrected chi connectivity index (χ3v) is 3.30. The average Bonchev–Trinajstić information content (AvgIpc) is 2.33. The van der Waals surface area contributed by atoms with Gasteiger partial charge in [0.25, 0.3) is 0 Å². The van der Waals surface area contributed by atoms with E-state index in [0.29, 0.717) is 21.1 Å². The Hall–Kier alpha value is -1.48. The highest BCUT2D eigenvalue weighted by molar-refractivity contribution is 5.71. The van der Waals surface area contributed by atoms with Gasteiger partial charge in [-0.15, -0.1) is 0 Å². The van der Waals surface area contributed by atoms with Crippen LogP contribution in [0, 0.1) is 0 Å². The molecule has 0 bridgehead atoms. The minimum Gasteiger partial charge on any atom is -0.544 e. The van der Waals surface area contributed by atoms with Gasteiger partial charge < -0.3 is 14.4 Å². The normalized spacial score (nSPS) is 17.0. The Labute approximate surface area is 141 Å². The van der Waals surface area contributed by atoms with Crippen LogP contribution in [0.4, 0.5) is 57.1 Å². The van der Waals surface area contributed by atoms with Gasteiger partial charge in [0.2, 0.25) is 0 Å². The first-order chi connectivity index (χ1) is 11.3. The molecule has 27 heavy (non-hydrogen) atoms. The van der Waals surface area contributed by atoms with Gasteiger partial charge >= 0.3 is 35.8 Å². The van der Waals surface area contributed by atoms with Crippen molar-refractivity contribution < 1.29 is 71.5 Å². The molecule has 162 valence electrons. The molecule has 0 saturated heterocycles. The Kier molecular flexibility index (Phi) is 5.92. The van der Waals surface area contributed by atoms with Crippen molar-refractivity contribution in [1.82, 2.24) is 0 Å². The fourth-order valence-corrected chi connectivity index (χ4v) is 1.90. The van der Waals surface area contributed by atoms with Gasteiger partial charge in [-0.1, -0.05) is 0 Å². The molecule has 16 heteroatoms. The average molecular weight is 435 g/mol. The first-order valence-electron chi connectivity index (χ1n) is 6.29. The Morgan fingerprint density at radius 3 is 1.19 bits per heavy atom. The highest BCUT2D eigenvalue weighted by Gasteiger charge is 2.92. The number of rotatable bonds is 7. The third-order valence-electron chi connectivity index (χ3n) is 3.30. The molecule has 1 unspecified atom stereocenters. The summed E-state index contributed by atoms with van der Waals surface area (Å²) < 4.78 is 167. The summed E-state index contributed by atoms with van der Waals surface area (Å²) in [6.07, 6.45) is -7.53. The van der Waals surface area contributed by atoms with E-state index in [1.54, 1.807) is 0 Å². The van der Waals surface area contributed by atoms with Gasteiger partial charge in [-0.05, 0) is 0 Å². The van der Waals surface area contributed by atoms with Gasteiger partial charge in [0.15, 0.2) is 6.04 Å². The summed E-state index contributed by atoms with van der Waals surface area (Å²) in [5.74, 6) is -41.6. The standard InChI is InChI=1S/C11H10F13NO2/c1-25(2,3)4(5(26)27)6(12,13)7(14,15)8(16,17)9(18,19)10(20,21)11(22,23)24/h4H,1-3H3. The predicted octanol–water partition coefficient (Wildman–Crippen LogP) is 2.55. The molecule has 0 saturated carbocycles. The van der Waals surface area contributed by atoms with Crippen LogP contribution in [0.2, 0.25) is 0 Å². The topological polar surface area (TPSA) is 40.1 Å². The fourth-order valence-electron chi connectivity index (χ4n) is 1.90. The van der Waals surface area contributed by atoms with Crippen molar-refractivity contribution in [2.75, 3.05) is 21.1 Å². The van der Waals surface area contributed by atoms with Crippen molar-refractivity contribution in [3.05, 3.63) is 0 Å². The highest BCUT2D eigenvalue weighted by atomic mass is 19.4. The number of nitrogens with zero attached hydrogens (tertiary/aromatic N) is 1. The Morgan fingerprint density at radius 1 is 0.667 bits per heavy atom. The summed E-state index contributed by atoms with van der Waals surface area (Å²) in [4.78, 5) is 10.7. The number of quaternary nitrogens is 1. The van der Waals surface area contributed by atoms with E-state index in [9.17, 15) is 67.0 Å². The summed E-state index contributed by atoms with van der Waals surface area (Å²) in [5.41, 5.74) is 0. The predicted molar refractivity (Wildman–Crippen MR) is 57.6 cm³/mol. The molecule has 0 heterocycles. The second-order valence-corrected chi connectivity index (χ2v) is 6.26. The van der Waals surface area contributed by atoms with Gasteiger partial charge in [0.1, 0.15) is 5.97 Å². The van der Waals surface area contributed by atoms with Crippen LogP contribution in [0.15, 0.2) is 0 Å². The molecule has 0 aromatic carbocycles. The van der Waals surface area contributed by atoms with E-state index in [-0.39, 0.29) is 0 Å². The van der Waals surface area contributed by atoms with Crippen LogP contribution >= 0.6 is 0 Å². The number of halogens is 13. The van der Waals surface area contributed by atoms with Gasteiger partial charge in [0.05, 0.1) is 21.1 Å². The van der Waals surface area contributed by atoms with E-state index in [0.717, 1.165) is 0 Å². The summed E-state index contributed by atoms with van der Waals surface area (Å²) in [6, 6.07) is -4.03. The molecule has 0 aromatic heterocycles. The zero-order valence-corrected chi connectivity index (χ0v) is 13.3. The first-order valence-corrected chi connectivity index (χ1v) is 6.29. The third kappa shape index (κ3) is 3.51. The molecule has 0 aliphatic carbocycles. The Bertz CT molecular complexity index is 576. The van der Waals surface area contributed by atoms with Crippen LogP contribution in [0.25, 0.3) is 0 Å². The smallest absolute Gasteiger partial charge is 0.460 e. The summed E-state index contributed by atoms with van der Waals surface area (Å²) >= 11 is 0. The molecule has 0 amide bonds. The highest BCUT2D eigenvalue weighted by Crippen LogP contribution is 2.61. The summed E-state index contributed by atoms with van der Waals surface area (Å²) in [7, 11) is 1.14. The number of hydrogen-bond acceptors (Lipinski definition) is 2. The Balaban J connectivity index is 6.67. The number of likely N-dealkylation sites (N-methyl/N-ethyl adjacent to an activating group) is 1. The lowest BCUT2D eigenvalue weighted by Crippen LogP contribution is -2.76. The van der Waals surface area contributed by atoms with E-state index in [1.165, 1.54) is 0 Å². The van der Waals surface area contributed by atoms with E-state index in [2.05, 4.69) is 0 Å². The molecule has 3 nitrogen and oxygen atoms in total. The molecule has 0 aliphatic heterocycles. The van der Waals surface area contributed by atoms with Gasteiger partial charge in [-0.2, -0.15) is 57.1 Å². The van der Waals surface area contributed by atoms with Crippen molar-refractivity contribution in [3.63, 3.8) is 0 Å². The van der Waals surface area contributed by atoms with Crippen molar-refractivity contribution in [3.8, 4) is 0 Å². The van der Waals surface area contributed by atoms with E-state index >= 15 is 0 Å². The first kappa shape index (κ1) is 25.5. The maximum atomic E-state index is 13.8. The van der Waals surface area contributed by atoms with Gasteiger partial charge in [-0.25, -0.2) is 0 Å². The lowest BCUT2D eigenvalue weighted by molar-refractivity contribution is -0.900. The largest absolute Gasteiger partial charge is 0.544 e. The molecular weight excluding hydrogens is 425 g/mol. The molecule has 0 radical (unpaired) electrons. The summed E-state index contributed by atoms with van der Waals surface area (Å²) in [5, 5.41) is 10.7. The van der Waals surface area contributed by atoms with Crippen LogP contribution < -0.4 is 5.11 Å². The molecule has 0 rings (SSSR count). The Morgan fingerprint density at radius 2 is 0.963 bits per heavy atom. The van der Waals surface area contributed by atoms with Crippen LogP contribution in [-0.2, 0) is 4.79 Å². The van der Waals surface area contributed by atoms with E-state index in [1.807, 2.05) is 0 Å². The maximum Gasteiger partial charge on any atom is 0.460 e. The van der Waals surface area contributed by atoms with Crippen LogP contribution in [0.5, 0.6) is 0 Å². The zero-order valence-electron chi connectivity index (χ0n) is 13.3. The minimum absolute atomic E-state index is 0.380. The SMILES string of the molecule is C[N+](C)(C)C(C(=O)[O-])C(F)(F)C(F)(F)C(F)(F)C(F)(F)C(F)(F)C(F)(F)F. The number of carboxylic acid groups (broad SMARTS) is 1. The van der Waals surface area contributed by atoms with Crippen molar-refractivity contribution in [2.45, 2.75) is 41.8 Å². The van der Waals surface area contributed by atoms with Crippen LogP contribution in [0.3, 0.4) is 0 Å². The van der Waals surface area contributed by atoms with E-state index in [4.69, 9.17) is 0 Å². The number of alkyl halides is 13. The minimum atomic E-state index is -8.08. The molecule has 1 atom stereocenters. The molecule has 0 aromatic rings. The number of aliphatic carboxylic acids is 1. The fraction of sp³-hybridized carbons (Fsp3) is 0.909.